The van der Waals surface area contributed by atoms with Gasteiger partial charge < -0.3 is 20.3 Å². The number of rotatable bonds is 8. The van der Waals surface area contributed by atoms with Gasteiger partial charge in [-0.2, -0.15) is 0 Å². The Morgan fingerprint density at radius 1 is 0.811 bits per heavy atom. The van der Waals surface area contributed by atoms with E-state index in [0.29, 0.717) is 24.7 Å². The quantitative estimate of drug-likeness (QED) is 0.214. The number of carboxylic acid groups (broad SMARTS) is 1. The summed E-state index contributed by atoms with van der Waals surface area (Å²) in [7, 11) is 0. The van der Waals surface area contributed by atoms with Crippen LogP contribution in [0.1, 0.15) is 152 Å². The number of hydrogen-bond acceptors (Lipinski definition) is 6. The van der Waals surface area contributed by atoms with Gasteiger partial charge in [0.15, 0.2) is 5.78 Å². The highest BCUT2D eigenvalue weighted by Gasteiger charge is 2.71. The minimum absolute atomic E-state index is 0.0375. The number of Topliss-reactive ketones (excluding diaryl/α,β-unsaturated/α-hetero) is 1. The van der Waals surface area contributed by atoms with Gasteiger partial charge in [-0.15, -0.1) is 0 Å². The van der Waals surface area contributed by atoms with E-state index in [2.05, 4.69) is 53.8 Å². The van der Waals surface area contributed by atoms with Crippen LogP contribution < -0.4 is 5.32 Å². The van der Waals surface area contributed by atoms with Gasteiger partial charge in [0.1, 0.15) is 6.10 Å². The van der Waals surface area contributed by atoms with Crippen molar-refractivity contribution in [1.29, 1.82) is 0 Å². The molecule has 1 amide bonds. The Bertz CT molecular complexity index is 1570. The summed E-state index contributed by atoms with van der Waals surface area (Å²) in [6.45, 7) is 20.5. The fraction of sp³-hybridized carbons (Fsp3) is 0.867. The molecule has 7 aliphatic carbocycles. The van der Waals surface area contributed by atoms with Crippen molar-refractivity contribution in [3.63, 3.8) is 0 Å². The van der Waals surface area contributed by atoms with Crippen LogP contribution in [0.2, 0.25) is 0 Å². The number of carbonyl (C=O) groups excluding carboxylic acids is 3. The zero-order valence-electron chi connectivity index (χ0n) is 34.2. The monoisotopic (exact) mass is 736 g/mol. The zero-order chi connectivity index (χ0) is 38.7. The number of aliphatic carboxylic acids is 1. The average molecular weight is 736 g/mol. The standard InChI is InChI=1S/C45H69NO7/c1-25(2)35-30(47)23-45(33(48)24-46-37(49)26-12-10-11-13-26)21-20-43(8)27(36(35)45)14-15-32-42(7)18-17-34(41(5,6)31(42)16-19-44(32,43)9)53-39(52)29-22-28(38(50)51)40(29,3)4/h25-29,31-34,48H,10-24H2,1-9H3,(H,46,49)(H,50,51)/t27-,28+,29-,31+,32-,33+,34+,42+,43-,44-,45+/m1/s1. The molecule has 0 spiro atoms. The Kier molecular flexibility index (Phi) is 9.51. The van der Waals surface area contributed by atoms with E-state index in [1.165, 1.54) is 5.57 Å². The minimum atomic E-state index is -0.833. The van der Waals surface area contributed by atoms with Gasteiger partial charge in [-0.25, -0.2) is 0 Å². The number of hydrogen-bond donors (Lipinski definition) is 3. The molecule has 8 heteroatoms. The number of esters is 1. The summed E-state index contributed by atoms with van der Waals surface area (Å²) in [4.78, 5) is 52.4. The molecule has 0 aromatic carbocycles. The van der Waals surface area contributed by atoms with E-state index in [1.807, 2.05) is 13.8 Å². The molecule has 7 rings (SSSR count). The third-order valence-electron chi connectivity index (χ3n) is 18.4. The first-order chi connectivity index (χ1) is 24.7. The van der Waals surface area contributed by atoms with E-state index < -0.39 is 28.8 Å². The molecule has 0 radical (unpaired) electrons. The first-order valence-corrected chi connectivity index (χ1v) is 21.3. The Balaban J connectivity index is 1.13. The van der Waals surface area contributed by atoms with Crippen molar-refractivity contribution in [2.75, 3.05) is 6.54 Å². The lowest BCUT2D eigenvalue weighted by atomic mass is 9.33. The Morgan fingerprint density at radius 3 is 2.11 bits per heavy atom. The van der Waals surface area contributed by atoms with Crippen LogP contribution in [0.15, 0.2) is 11.1 Å². The Morgan fingerprint density at radius 2 is 1.49 bits per heavy atom. The molecule has 6 fully saturated rings. The molecule has 0 aliphatic heterocycles. The summed E-state index contributed by atoms with van der Waals surface area (Å²) in [6, 6.07) is 0. The molecule has 296 valence electrons. The van der Waals surface area contributed by atoms with Crippen LogP contribution in [0.3, 0.4) is 0 Å². The molecule has 0 aromatic heterocycles. The predicted molar refractivity (Wildman–Crippen MR) is 203 cm³/mol. The van der Waals surface area contributed by atoms with E-state index in [0.717, 1.165) is 82.6 Å². The number of aliphatic hydroxyl groups is 1. The number of ether oxygens (including phenoxy) is 1. The number of ketones is 1. The summed E-state index contributed by atoms with van der Waals surface area (Å²) < 4.78 is 6.40. The van der Waals surface area contributed by atoms with Crippen molar-refractivity contribution >= 4 is 23.6 Å². The molecule has 0 heterocycles. The van der Waals surface area contributed by atoms with Gasteiger partial charge in [0.25, 0.3) is 0 Å². The van der Waals surface area contributed by atoms with E-state index in [4.69, 9.17) is 4.74 Å². The zero-order valence-corrected chi connectivity index (χ0v) is 34.2. The van der Waals surface area contributed by atoms with Crippen LogP contribution in [0.4, 0.5) is 0 Å². The molecule has 11 atom stereocenters. The molecular weight excluding hydrogens is 666 g/mol. The number of fused-ring (bicyclic) bond motifs is 7. The number of amides is 1. The van der Waals surface area contributed by atoms with Crippen LogP contribution in [-0.4, -0.2) is 52.6 Å². The maximum absolute atomic E-state index is 14.0. The van der Waals surface area contributed by atoms with Crippen molar-refractivity contribution < 1.29 is 34.1 Å². The van der Waals surface area contributed by atoms with E-state index in [-0.39, 0.29) is 75.6 Å². The van der Waals surface area contributed by atoms with Gasteiger partial charge in [-0.05, 0) is 122 Å². The molecular formula is C45H69NO7. The van der Waals surface area contributed by atoms with E-state index in [1.54, 1.807) is 0 Å². The largest absolute Gasteiger partial charge is 0.481 e. The summed E-state index contributed by atoms with van der Waals surface area (Å²) >= 11 is 0. The van der Waals surface area contributed by atoms with Crippen molar-refractivity contribution in [1.82, 2.24) is 5.32 Å². The van der Waals surface area contributed by atoms with Crippen LogP contribution in [0, 0.1) is 73.9 Å². The maximum Gasteiger partial charge on any atom is 0.309 e. The fourth-order valence-electron chi connectivity index (χ4n) is 15.0. The fourth-order valence-corrected chi connectivity index (χ4v) is 15.0. The van der Waals surface area contributed by atoms with Crippen molar-refractivity contribution in [3.05, 3.63) is 11.1 Å². The smallest absolute Gasteiger partial charge is 0.309 e. The van der Waals surface area contributed by atoms with Crippen LogP contribution in [-0.2, 0) is 23.9 Å². The van der Waals surface area contributed by atoms with Crippen LogP contribution in [0.5, 0.6) is 0 Å². The molecule has 0 bridgehead atoms. The number of nitrogens with one attached hydrogen (secondary N) is 1. The number of allylic oxidation sites excluding steroid dienone is 1. The number of carbonyl (C=O) groups is 4. The van der Waals surface area contributed by atoms with Crippen LogP contribution in [0.25, 0.3) is 0 Å². The molecule has 0 aromatic rings. The van der Waals surface area contributed by atoms with E-state index in [9.17, 15) is 29.4 Å². The highest BCUT2D eigenvalue weighted by Crippen LogP contribution is 2.77. The van der Waals surface area contributed by atoms with Gasteiger partial charge in [0.05, 0.1) is 17.9 Å². The molecule has 7 aliphatic rings. The Labute approximate surface area is 318 Å². The average Bonchev–Trinajstić information content (AvgIpc) is 3.71. The summed E-state index contributed by atoms with van der Waals surface area (Å²) in [6.07, 6.45) is 11.5. The topological polar surface area (TPSA) is 130 Å². The van der Waals surface area contributed by atoms with Gasteiger partial charge in [-0.3, -0.25) is 19.2 Å². The third-order valence-corrected chi connectivity index (χ3v) is 18.4. The van der Waals surface area contributed by atoms with Gasteiger partial charge in [-0.1, -0.05) is 80.7 Å². The SMILES string of the molecule is CC(C)C1=C2[C@H]3CC[C@@H]4[C@@]5(C)CC[C@H](OC(=O)[C@H]6C[C@@H](C(=O)O)C6(C)C)C(C)(C)[C@@H]5CC[C@@]4(C)[C@]3(C)CC[C@@]2([C@@H](O)CNC(=O)C2CCCC2)CC1=O. The maximum atomic E-state index is 14.0. The minimum Gasteiger partial charge on any atom is -0.481 e. The lowest BCUT2D eigenvalue weighted by Crippen LogP contribution is -2.66. The van der Waals surface area contributed by atoms with Crippen molar-refractivity contribution in [2.24, 2.45) is 73.9 Å². The normalized spacial score (nSPS) is 43.6. The van der Waals surface area contributed by atoms with Gasteiger partial charge >= 0.3 is 11.9 Å². The molecule has 6 saturated carbocycles. The highest BCUT2D eigenvalue weighted by atomic mass is 16.5. The first kappa shape index (κ1) is 39.0. The second-order valence-electron chi connectivity index (χ2n) is 21.4. The molecule has 8 nitrogen and oxygen atoms in total. The molecule has 0 saturated heterocycles. The second-order valence-corrected chi connectivity index (χ2v) is 21.4. The lowest BCUT2D eigenvalue weighted by Gasteiger charge is -2.72. The predicted octanol–water partition coefficient (Wildman–Crippen LogP) is 8.29. The summed E-state index contributed by atoms with van der Waals surface area (Å²) in [5.41, 5.74) is 0.818. The van der Waals surface area contributed by atoms with Crippen LogP contribution >= 0.6 is 0 Å². The summed E-state index contributed by atoms with van der Waals surface area (Å²) in [5.74, 6) is -0.499. The number of carboxylic acids is 1. The lowest BCUT2D eigenvalue weighted by molar-refractivity contribution is -0.238. The molecule has 53 heavy (non-hydrogen) atoms. The second kappa shape index (κ2) is 12.9. The van der Waals surface area contributed by atoms with Gasteiger partial charge in [0.2, 0.25) is 5.91 Å². The van der Waals surface area contributed by atoms with Gasteiger partial charge in [0, 0.05) is 29.7 Å². The highest BCUT2D eigenvalue weighted by molar-refractivity contribution is 6.00. The molecule has 3 N–H and O–H groups in total. The van der Waals surface area contributed by atoms with Crippen molar-refractivity contribution in [3.8, 4) is 0 Å². The molecule has 0 unspecified atom stereocenters. The van der Waals surface area contributed by atoms with E-state index >= 15 is 0 Å². The Hall–Kier alpha value is -2.22. The van der Waals surface area contributed by atoms with Crippen molar-refractivity contribution in [2.45, 2.75) is 164 Å². The first-order valence-electron chi connectivity index (χ1n) is 21.3. The number of aliphatic hydroxyl groups excluding tert-OH is 1. The summed E-state index contributed by atoms with van der Waals surface area (Å²) in [5, 5.41) is 24.9. The third kappa shape index (κ3) is 5.50.